The summed E-state index contributed by atoms with van der Waals surface area (Å²) in [6, 6.07) is 4.71. The van der Waals surface area contributed by atoms with Gasteiger partial charge in [-0.15, -0.1) is 0 Å². The minimum atomic E-state index is -1.31. The van der Waals surface area contributed by atoms with E-state index in [1.165, 1.54) is 18.2 Å². The topological polar surface area (TPSA) is 78.4 Å². The van der Waals surface area contributed by atoms with Gasteiger partial charge in [0.2, 0.25) is 0 Å². The van der Waals surface area contributed by atoms with E-state index < -0.39 is 23.4 Å². The van der Waals surface area contributed by atoms with Crippen LogP contribution in [0.25, 0.3) is 0 Å². The summed E-state index contributed by atoms with van der Waals surface area (Å²) in [6.45, 7) is 3.36. The molecule has 19 heavy (non-hydrogen) atoms. The number of carboxylic acid groups (broad SMARTS) is 1. The van der Waals surface area contributed by atoms with Gasteiger partial charge in [-0.05, 0) is 31.0 Å². The fourth-order valence-corrected chi connectivity index (χ4v) is 1.73. The van der Waals surface area contributed by atoms with E-state index >= 15 is 0 Å². The van der Waals surface area contributed by atoms with Gasteiger partial charge in [0.05, 0.1) is 0 Å². The normalized spacial score (nSPS) is 10.9. The van der Waals surface area contributed by atoms with Crippen LogP contribution in [0.1, 0.15) is 26.7 Å². The number of benzene rings is 1. The highest BCUT2D eigenvalue weighted by molar-refractivity contribution is 5.93. The molecule has 0 spiro atoms. The van der Waals surface area contributed by atoms with Crippen molar-refractivity contribution in [3.05, 3.63) is 30.1 Å². The molecule has 0 saturated carbocycles. The summed E-state index contributed by atoms with van der Waals surface area (Å²) in [7, 11) is 0. The van der Waals surface area contributed by atoms with Crippen LogP contribution in [-0.4, -0.2) is 22.6 Å². The molecule has 104 valence electrons. The molecule has 0 aliphatic carbocycles. The first-order valence-corrected chi connectivity index (χ1v) is 6.01. The standard InChI is InChI=1S/C13H17FN2O3/c1-3-13(4-2,11(17)18)16-12(19)15-10-7-5-6-9(14)8-10/h5-8H,3-4H2,1-2H3,(H,17,18)(H2,15,16,19). The molecule has 5 nitrogen and oxygen atoms in total. The summed E-state index contributed by atoms with van der Waals surface area (Å²) in [4.78, 5) is 23.0. The Morgan fingerprint density at radius 1 is 1.32 bits per heavy atom. The van der Waals surface area contributed by atoms with E-state index in [4.69, 9.17) is 0 Å². The Labute approximate surface area is 110 Å². The first-order chi connectivity index (χ1) is 8.93. The third kappa shape index (κ3) is 3.67. The van der Waals surface area contributed by atoms with Crippen molar-refractivity contribution in [2.24, 2.45) is 0 Å². The van der Waals surface area contributed by atoms with Crippen molar-refractivity contribution in [1.82, 2.24) is 5.32 Å². The summed E-state index contributed by atoms with van der Waals surface area (Å²) in [6.07, 6.45) is 0.519. The molecule has 6 heteroatoms. The highest BCUT2D eigenvalue weighted by atomic mass is 19.1. The molecule has 0 aromatic heterocycles. The summed E-state index contributed by atoms with van der Waals surface area (Å²) in [5.41, 5.74) is -1.04. The molecule has 0 aliphatic heterocycles. The van der Waals surface area contributed by atoms with Crippen molar-refractivity contribution < 1.29 is 19.1 Å². The van der Waals surface area contributed by atoms with Crippen LogP contribution in [-0.2, 0) is 4.79 Å². The number of hydrogen-bond acceptors (Lipinski definition) is 2. The lowest BCUT2D eigenvalue weighted by Crippen LogP contribution is -2.54. The maximum Gasteiger partial charge on any atom is 0.329 e. The van der Waals surface area contributed by atoms with Gasteiger partial charge in [0.1, 0.15) is 11.4 Å². The maximum absolute atomic E-state index is 13.0. The summed E-state index contributed by atoms with van der Waals surface area (Å²) >= 11 is 0. The van der Waals surface area contributed by atoms with E-state index in [2.05, 4.69) is 10.6 Å². The molecule has 0 bridgehead atoms. The lowest BCUT2D eigenvalue weighted by atomic mass is 9.93. The zero-order valence-corrected chi connectivity index (χ0v) is 10.9. The molecule has 0 atom stereocenters. The molecule has 0 saturated heterocycles. The fourth-order valence-electron chi connectivity index (χ4n) is 1.73. The number of nitrogens with one attached hydrogen (secondary N) is 2. The third-order valence-corrected chi connectivity index (χ3v) is 3.05. The molecule has 0 fully saturated rings. The molecule has 0 radical (unpaired) electrons. The maximum atomic E-state index is 13.0. The van der Waals surface area contributed by atoms with E-state index in [-0.39, 0.29) is 18.5 Å². The van der Waals surface area contributed by atoms with E-state index in [0.717, 1.165) is 6.07 Å². The number of carbonyl (C=O) groups excluding carboxylic acids is 1. The van der Waals surface area contributed by atoms with E-state index in [1.807, 2.05) is 0 Å². The second-order valence-corrected chi connectivity index (χ2v) is 4.18. The molecule has 3 N–H and O–H groups in total. The molecule has 0 unspecified atom stereocenters. The Bertz CT molecular complexity index is 473. The lowest BCUT2D eigenvalue weighted by Gasteiger charge is -2.28. The van der Waals surface area contributed by atoms with Gasteiger partial charge in [0, 0.05) is 5.69 Å². The van der Waals surface area contributed by atoms with E-state index in [0.29, 0.717) is 0 Å². The number of carboxylic acids is 1. The Morgan fingerprint density at radius 3 is 2.42 bits per heavy atom. The molecule has 2 amide bonds. The number of anilines is 1. The first kappa shape index (κ1) is 14.9. The predicted octanol–water partition coefficient (Wildman–Crippen LogP) is 2.59. The molecular formula is C13H17FN2O3. The number of hydrogen-bond donors (Lipinski definition) is 3. The second-order valence-electron chi connectivity index (χ2n) is 4.18. The van der Waals surface area contributed by atoms with Gasteiger partial charge < -0.3 is 15.7 Å². The number of rotatable bonds is 5. The average Bonchev–Trinajstić information content (AvgIpc) is 2.35. The van der Waals surface area contributed by atoms with Gasteiger partial charge in [-0.1, -0.05) is 19.9 Å². The van der Waals surface area contributed by atoms with E-state index in [1.54, 1.807) is 13.8 Å². The molecule has 0 heterocycles. The van der Waals surface area contributed by atoms with Gasteiger partial charge in [0.15, 0.2) is 0 Å². The number of amides is 2. The van der Waals surface area contributed by atoms with Crippen LogP contribution in [0.2, 0.25) is 0 Å². The monoisotopic (exact) mass is 268 g/mol. The Balaban J connectivity index is 2.76. The molecule has 0 aliphatic rings. The van der Waals surface area contributed by atoms with Crippen molar-refractivity contribution in [2.75, 3.05) is 5.32 Å². The van der Waals surface area contributed by atoms with Gasteiger partial charge in [-0.25, -0.2) is 14.0 Å². The third-order valence-electron chi connectivity index (χ3n) is 3.05. The number of halogens is 1. The summed E-state index contributed by atoms with van der Waals surface area (Å²) in [5, 5.41) is 14.0. The van der Waals surface area contributed by atoms with Crippen molar-refractivity contribution in [1.29, 1.82) is 0 Å². The van der Waals surface area contributed by atoms with Gasteiger partial charge in [-0.3, -0.25) is 0 Å². The highest BCUT2D eigenvalue weighted by Crippen LogP contribution is 2.16. The van der Waals surface area contributed by atoms with Gasteiger partial charge >= 0.3 is 12.0 Å². The van der Waals surface area contributed by atoms with Crippen molar-refractivity contribution >= 4 is 17.7 Å². The number of urea groups is 1. The number of carbonyl (C=O) groups is 2. The van der Waals surface area contributed by atoms with Gasteiger partial charge in [0.25, 0.3) is 0 Å². The fraction of sp³-hybridized carbons (Fsp3) is 0.385. The second kappa shape index (κ2) is 6.17. The molecule has 1 aromatic carbocycles. The van der Waals surface area contributed by atoms with Crippen molar-refractivity contribution in [2.45, 2.75) is 32.2 Å². The SMILES string of the molecule is CCC(CC)(NC(=O)Nc1cccc(F)c1)C(=O)O. The summed E-state index contributed by atoms with van der Waals surface area (Å²) < 4.78 is 13.0. The quantitative estimate of drug-likeness (QED) is 0.768. The average molecular weight is 268 g/mol. The lowest BCUT2D eigenvalue weighted by molar-refractivity contribution is -0.144. The van der Waals surface area contributed by atoms with E-state index in [9.17, 15) is 19.1 Å². The number of aliphatic carboxylic acids is 1. The molecule has 1 aromatic rings. The van der Waals surface area contributed by atoms with Crippen LogP contribution in [0.3, 0.4) is 0 Å². The van der Waals surface area contributed by atoms with Crippen LogP contribution in [0.4, 0.5) is 14.9 Å². The Kier molecular flexibility index (Phi) is 4.86. The van der Waals surface area contributed by atoms with Crippen molar-refractivity contribution in [3.63, 3.8) is 0 Å². The first-order valence-electron chi connectivity index (χ1n) is 6.01. The van der Waals surface area contributed by atoms with Crippen LogP contribution in [0.5, 0.6) is 0 Å². The van der Waals surface area contributed by atoms with Gasteiger partial charge in [-0.2, -0.15) is 0 Å². The zero-order chi connectivity index (χ0) is 14.5. The van der Waals surface area contributed by atoms with Crippen LogP contribution in [0.15, 0.2) is 24.3 Å². The minimum Gasteiger partial charge on any atom is -0.480 e. The van der Waals surface area contributed by atoms with Crippen LogP contribution < -0.4 is 10.6 Å². The predicted molar refractivity (Wildman–Crippen MR) is 69.5 cm³/mol. The molecule has 1 rings (SSSR count). The minimum absolute atomic E-state index is 0.259. The summed E-state index contributed by atoms with van der Waals surface area (Å²) in [5.74, 6) is -1.57. The van der Waals surface area contributed by atoms with Crippen LogP contribution >= 0.6 is 0 Å². The highest BCUT2D eigenvalue weighted by Gasteiger charge is 2.36. The Hall–Kier alpha value is -2.11. The molecular weight excluding hydrogens is 251 g/mol. The van der Waals surface area contributed by atoms with Crippen molar-refractivity contribution in [3.8, 4) is 0 Å². The largest absolute Gasteiger partial charge is 0.480 e. The zero-order valence-electron chi connectivity index (χ0n) is 10.9. The smallest absolute Gasteiger partial charge is 0.329 e. The van der Waals surface area contributed by atoms with Crippen LogP contribution in [0, 0.1) is 5.82 Å². The Morgan fingerprint density at radius 2 is 1.95 bits per heavy atom.